The molecule has 0 aliphatic heterocycles. The maximum Gasteiger partial charge on any atom is 0.294 e. The van der Waals surface area contributed by atoms with Crippen molar-refractivity contribution in [3.05, 3.63) is 26.2 Å². The highest BCUT2D eigenvalue weighted by Gasteiger charge is 2.10. The standard InChI is InChI=1S/C10H15N3O4S.ClH/c1-2-3-4-9-12-8(7-18-9)10(14)11-5-6-17-13(15)16;/h7H,2-6H2,1H3,(H,11,14);1H. The van der Waals surface area contributed by atoms with Crippen molar-refractivity contribution in [3.8, 4) is 0 Å². The van der Waals surface area contributed by atoms with E-state index in [4.69, 9.17) is 0 Å². The third kappa shape index (κ3) is 6.92. The minimum Gasteiger partial charge on any atom is -0.349 e. The molecule has 0 fully saturated rings. The van der Waals surface area contributed by atoms with Crippen molar-refractivity contribution in [2.45, 2.75) is 26.2 Å². The van der Waals surface area contributed by atoms with Gasteiger partial charge >= 0.3 is 0 Å². The van der Waals surface area contributed by atoms with Gasteiger partial charge in [0.25, 0.3) is 11.0 Å². The normalized spacial score (nSPS) is 9.53. The molecular formula is C10H16ClN3O4S. The molecule has 0 aliphatic carbocycles. The van der Waals surface area contributed by atoms with Gasteiger partial charge in [0.1, 0.15) is 12.3 Å². The summed E-state index contributed by atoms with van der Waals surface area (Å²) in [4.78, 5) is 29.7. The van der Waals surface area contributed by atoms with Crippen LogP contribution in [-0.2, 0) is 11.3 Å². The third-order valence-corrected chi connectivity index (χ3v) is 3.02. The van der Waals surface area contributed by atoms with Gasteiger partial charge < -0.3 is 10.2 Å². The Morgan fingerprint density at radius 1 is 1.63 bits per heavy atom. The van der Waals surface area contributed by atoms with Crippen molar-refractivity contribution < 1.29 is 14.7 Å². The summed E-state index contributed by atoms with van der Waals surface area (Å²) in [5.74, 6) is -0.332. The van der Waals surface area contributed by atoms with Crippen LogP contribution in [0.1, 0.15) is 35.3 Å². The van der Waals surface area contributed by atoms with Gasteiger partial charge in [-0.3, -0.25) is 4.79 Å². The number of aryl methyl sites for hydroxylation is 1. The van der Waals surface area contributed by atoms with E-state index in [0.29, 0.717) is 5.69 Å². The first-order valence-corrected chi connectivity index (χ1v) is 6.51. The first kappa shape index (κ1) is 17.6. The van der Waals surface area contributed by atoms with Crippen LogP contribution in [0, 0.1) is 10.1 Å². The number of hydrogen-bond acceptors (Lipinski definition) is 6. The van der Waals surface area contributed by atoms with Crippen LogP contribution in [0.25, 0.3) is 0 Å². The van der Waals surface area contributed by atoms with E-state index >= 15 is 0 Å². The Morgan fingerprint density at radius 3 is 3.00 bits per heavy atom. The van der Waals surface area contributed by atoms with E-state index in [2.05, 4.69) is 22.1 Å². The maximum absolute atomic E-state index is 11.6. The van der Waals surface area contributed by atoms with E-state index in [0.717, 1.165) is 24.3 Å². The fourth-order valence-corrected chi connectivity index (χ4v) is 2.05. The first-order valence-electron chi connectivity index (χ1n) is 5.63. The Morgan fingerprint density at radius 2 is 2.37 bits per heavy atom. The molecule has 1 rings (SSSR count). The molecule has 0 radical (unpaired) electrons. The van der Waals surface area contributed by atoms with Gasteiger partial charge in [0.15, 0.2) is 0 Å². The number of unbranched alkanes of at least 4 members (excludes halogenated alkanes) is 1. The summed E-state index contributed by atoms with van der Waals surface area (Å²) in [6, 6.07) is 0. The molecule has 0 spiro atoms. The lowest BCUT2D eigenvalue weighted by atomic mass is 10.3. The molecule has 7 nitrogen and oxygen atoms in total. The Labute approximate surface area is 120 Å². The van der Waals surface area contributed by atoms with Crippen molar-refractivity contribution in [3.63, 3.8) is 0 Å². The van der Waals surface area contributed by atoms with Gasteiger partial charge in [0.05, 0.1) is 5.01 Å². The van der Waals surface area contributed by atoms with Crippen molar-refractivity contribution in [2.24, 2.45) is 0 Å². The van der Waals surface area contributed by atoms with E-state index in [9.17, 15) is 14.9 Å². The van der Waals surface area contributed by atoms with Gasteiger partial charge in [-0.2, -0.15) is 0 Å². The number of carbonyl (C=O) groups is 1. The van der Waals surface area contributed by atoms with Crippen LogP contribution in [0.5, 0.6) is 0 Å². The fraction of sp³-hybridized carbons (Fsp3) is 0.600. The lowest BCUT2D eigenvalue weighted by Gasteiger charge is -2.01. The molecule has 9 heteroatoms. The molecule has 1 amide bonds. The second-order valence-corrected chi connectivity index (χ2v) is 4.49. The number of aromatic nitrogens is 1. The van der Waals surface area contributed by atoms with Crippen LogP contribution in [-0.4, -0.2) is 29.1 Å². The largest absolute Gasteiger partial charge is 0.349 e. The molecule has 0 saturated heterocycles. The van der Waals surface area contributed by atoms with Gasteiger partial charge in [-0.05, 0) is 12.8 Å². The highest BCUT2D eigenvalue weighted by Crippen LogP contribution is 2.12. The summed E-state index contributed by atoms with van der Waals surface area (Å²) in [6.45, 7) is 2.02. The number of amides is 1. The van der Waals surface area contributed by atoms with Crippen LogP contribution in [0.2, 0.25) is 0 Å². The molecule has 1 N–H and O–H groups in total. The number of nitrogens with one attached hydrogen (secondary N) is 1. The van der Waals surface area contributed by atoms with Crippen molar-refractivity contribution >= 4 is 29.7 Å². The SMILES string of the molecule is CCCCc1nc(C(=O)NCCO[N+](=O)[O-])cs1.Cl. The van der Waals surface area contributed by atoms with Crippen molar-refractivity contribution in [2.75, 3.05) is 13.2 Å². The minimum atomic E-state index is -0.891. The van der Waals surface area contributed by atoms with Crippen LogP contribution in [0.4, 0.5) is 0 Å². The van der Waals surface area contributed by atoms with E-state index in [1.165, 1.54) is 11.3 Å². The zero-order valence-electron chi connectivity index (χ0n) is 10.5. The smallest absolute Gasteiger partial charge is 0.294 e. The van der Waals surface area contributed by atoms with Gasteiger partial charge in [0, 0.05) is 11.9 Å². The molecule has 1 aromatic heterocycles. The van der Waals surface area contributed by atoms with Crippen molar-refractivity contribution in [1.29, 1.82) is 0 Å². The number of thiazole rings is 1. The molecular weight excluding hydrogens is 294 g/mol. The highest BCUT2D eigenvalue weighted by molar-refractivity contribution is 7.09. The lowest BCUT2D eigenvalue weighted by Crippen LogP contribution is -2.28. The van der Waals surface area contributed by atoms with Crippen LogP contribution < -0.4 is 5.32 Å². The Kier molecular flexibility index (Phi) is 8.81. The predicted molar refractivity (Wildman–Crippen MR) is 73.3 cm³/mol. The van der Waals surface area contributed by atoms with E-state index in [1.54, 1.807) is 5.38 Å². The second kappa shape index (κ2) is 9.51. The molecule has 19 heavy (non-hydrogen) atoms. The van der Waals surface area contributed by atoms with Gasteiger partial charge in [-0.25, -0.2) is 4.98 Å². The number of halogens is 1. The van der Waals surface area contributed by atoms with E-state index in [1.807, 2.05) is 0 Å². The van der Waals surface area contributed by atoms with Crippen LogP contribution in [0.15, 0.2) is 5.38 Å². The summed E-state index contributed by atoms with van der Waals surface area (Å²) < 4.78 is 0. The van der Waals surface area contributed by atoms with Crippen LogP contribution >= 0.6 is 23.7 Å². The first-order chi connectivity index (χ1) is 8.63. The average Bonchev–Trinajstić information content (AvgIpc) is 2.80. The minimum absolute atomic E-state index is 0. The number of nitrogens with zero attached hydrogens (tertiary/aromatic N) is 2. The van der Waals surface area contributed by atoms with E-state index in [-0.39, 0.29) is 31.5 Å². The Bertz CT molecular complexity index is 413. The molecule has 0 unspecified atom stereocenters. The fourth-order valence-electron chi connectivity index (χ4n) is 1.23. The maximum atomic E-state index is 11.6. The number of carbonyl (C=O) groups excluding carboxylic acids is 1. The van der Waals surface area contributed by atoms with Gasteiger partial charge in [-0.1, -0.05) is 13.3 Å². The summed E-state index contributed by atoms with van der Waals surface area (Å²) in [7, 11) is 0. The van der Waals surface area contributed by atoms with E-state index < -0.39 is 5.09 Å². The molecule has 0 saturated carbocycles. The Balaban J connectivity index is 0.00000324. The Hall–Kier alpha value is -1.41. The third-order valence-electron chi connectivity index (χ3n) is 2.11. The van der Waals surface area contributed by atoms with Gasteiger partial charge in [0.2, 0.25) is 0 Å². The number of hydrogen-bond donors (Lipinski definition) is 1. The quantitative estimate of drug-likeness (QED) is 0.449. The zero-order valence-corrected chi connectivity index (χ0v) is 12.1. The summed E-state index contributed by atoms with van der Waals surface area (Å²) in [5, 5.41) is 14.1. The lowest BCUT2D eigenvalue weighted by molar-refractivity contribution is -0.757. The summed E-state index contributed by atoms with van der Waals surface area (Å²) in [6.07, 6.45) is 3.00. The number of rotatable bonds is 8. The molecule has 0 bridgehead atoms. The monoisotopic (exact) mass is 309 g/mol. The zero-order chi connectivity index (χ0) is 13.4. The molecule has 1 aromatic rings. The second-order valence-electron chi connectivity index (χ2n) is 3.54. The summed E-state index contributed by atoms with van der Waals surface area (Å²) >= 11 is 1.45. The molecule has 0 aromatic carbocycles. The molecule has 0 aliphatic rings. The molecule has 1 heterocycles. The molecule has 108 valence electrons. The summed E-state index contributed by atoms with van der Waals surface area (Å²) in [5.41, 5.74) is 0.354. The van der Waals surface area contributed by atoms with Crippen LogP contribution in [0.3, 0.4) is 0 Å². The van der Waals surface area contributed by atoms with Gasteiger partial charge in [-0.15, -0.1) is 33.9 Å². The molecule has 0 atom stereocenters. The van der Waals surface area contributed by atoms with Crippen molar-refractivity contribution in [1.82, 2.24) is 10.3 Å². The topological polar surface area (TPSA) is 94.4 Å². The highest BCUT2D eigenvalue weighted by atomic mass is 35.5. The predicted octanol–water partition coefficient (Wildman–Crippen LogP) is 1.85. The average molecular weight is 310 g/mol.